The molecule has 0 radical (unpaired) electrons. The molecule has 84 valence electrons. The van der Waals surface area contributed by atoms with E-state index in [1.54, 1.807) is 0 Å². The molecule has 0 bridgehead atoms. The van der Waals surface area contributed by atoms with Gasteiger partial charge < -0.3 is 5.32 Å². The van der Waals surface area contributed by atoms with Crippen molar-refractivity contribution in [2.24, 2.45) is 0 Å². The van der Waals surface area contributed by atoms with Gasteiger partial charge in [-0.15, -0.1) is 0 Å². The lowest BCUT2D eigenvalue weighted by Crippen LogP contribution is -2.50. The summed E-state index contributed by atoms with van der Waals surface area (Å²) in [5, 5.41) is 9.35. The third-order valence-corrected chi connectivity index (χ3v) is 1.26. The normalized spacial score (nSPS) is 11.7. The second kappa shape index (κ2) is 4.25. The quantitative estimate of drug-likeness (QED) is 0.586. The molecule has 0 saturated carbocycles. The minimum atomic E-state index is -5.95. The Morgan fingerprint density at radius 3 is 2.13 bits per heavy atom. The van der Waals surface area contributed by atoms with E-state index in [4.69, 9.17) is 5.26 Å². The molecule has 0 aromatic rings. The first-order valence-electron chi connectivity index (χ1n) is 3.43. The van der Waals surface area contributed by atoms with Gasteiger partial charge in [0.2, 0.25) is 0 Å². The number of nitriles is 1. The highest BCUT2D eigenvalue weighted by atomic mass is 19.4. The van der Waals surface area contributed by atoms with Gasteiger partial charge in [-0.1, -0.05) is 6.58 Å². The molecule has 15 heavy (non-hydrogen) atoms. The topological polar surface area (TPSA) is 52.9 Å². The Balaban J connectivity index is 4.48. The Morgan fingerprint density at radius 1 is 1.33 bits per heavy atom. The third kappa shape index (κ3) is 3.19. The summed E-state index contributed by atoms with van der Waals surface area (Å²) in [5.41, 5.74) is -0.332. The molecule has 1 amide bonds. The lowest BCUT2D eigenvalue weighted by molar-refractivity contribution is -0.269. The largest absolute Gasteiger partial charge is 0.463 e. The number of alkyl halides is 5. The van der Waals surface area contributed by atoms with Gasteiger partial charge in [-0.2, -0.15) is 27.2 Å². The van der Waals surface area contributed by atoms with Crippen LogP contribution in [0, 0.1) is 11.3 Å². The fourth-order valence-electron chi connectivity index (χ4n) is 0.466. The van der Waals surface area contributed by atoms with Crippen molar-refractivity contribution in [3.8, 4) is 6.07 Å². The molecule has 0 heterocycles. The van der Waals surface area contributed by atoms with Crippen LogP contribution in [0.1, 0.15) is 0 Å². The van der Waals surface area contributed by atoms with Crippen LogP contribution in [0.3, 0.4) is 0 Å². The van der Waals surface area contributed by atoms with Crippen LogP contribution in [-0.2, 0) is 4.79 Å². The van der Waals surface area contributed by atoms with Gasteiger partial charge in [-0.3, -0.25) is 4.79 Å². The second-order valence-electron chi connectivity index (χ2n) is 2.47. The fraction of sp³-hybridized carbons (Fsp3) is 0.429. The molecular weight excluding hydrogens is 223 g/mol. The van der Waals surface area contributed by atoms with Crippen LogP contribution in [0.25, 0.3) is 0 Å². The molecule has 0 unspecified atom stereocenters. The Hall–Kier alpha value is -1.65. The summed E-state index contributed by atoms with van der Waals surface area (Å²) < 4.78 is 59.2. The number of nitrogens with zero attached hydrogens (tertiary/aromatic N) is 1. The summed E-state index contributed by atoms with van der Waals surface area (Å²) in [6.07, 6.45) is -5.95. The van der Waals surface area contributed by atoms with Crippen LogP contribution in [0.5, 0.6) is 0 Å². The number of rotatable bonds is 3. The Labute approximate surface area is 81.2 Å². The monoisotopic (exact) mass is 228 g/mol. The summed E-state index contributed by atoms with van der Waals surface area (Å²) in [4.78, 5) is 10.4. The highest BCUT2D eigenvalue weighted by Crippen LogP contribution is 2.35. The molecule has 0 aromatic heterocycles. The summed E-state index contributed by atoms with van der Waals surface area (Å²) in [7, 11) is 0. The molecule has 0 atom stereocenters. The van der Waals surface area contributed by atoms with Crippen LogP contribution in [0.2, 0.25) is 0 Å². The number of nitrogens with one attached hydrogen (secondary N) is 1. The van der Waals surface area contributed by atoms with Crippen LogP contribution < -0.4 is 5.32 Å². The molecule has 0 fully saturated rings. The van der Waals surface area contributed by atoms with E-state index in [-0.39, 0.29) is 5.57 Å². The molecule has 0 aromatic carbocycles. The van der Waals surface area contributed by atoms with Crippen molar-refractivity contribution in [2.75, 3.05) is 6.54 Å². The summed E-state index contributed by atoms with van der Waals surface area (Å²) in [6.45, 7) is 2.24. The number of carbonyl (C=O) groups excluding carboxylic acids is 1. The Bertz CT molecular complexity index is 314. The molecule has 0 saturated heterocycles. The van der Waals surface area contributed by atoms with Gasteiger partial charge in [0.25, 0.3) is 0 Å². The highest BCUT2D eigenvalue weighted by molar-refractivity contribution is 5.84. The van der Waals surface area contributed by atoms with E-state index in [1.165, 1.54) is 11.4 Å². The van der Waals surface area contributed by atoms with Crippen molar-refractivity contribution >= 4 is 5.91 Å². The van der Waals surface area contributed by atoms with Crippen LogP contribution in [0.4, 0.5) is 22.0 Å². The smallest absolute Gasteiger partial charge is 0.346 e. The van der Waals surface area contributed by atoms with Gasteiger partial charge in [0.1, 0.15) is 0 Å². The number of amides is 1. The van der Waals surface area contributed by atoms with Gasteiger partial charge in [-0.05, 0) is 0 Å². The average Bonchev–Trinajstić information content (AvgIpc) is 2.11. The van der Waals surface area contributed by atoms with Gasteiger partial charge in [0, 0.05) is 5.57 Å². The maximum absolute atomic E-state index is 12.2. The number of hydrogen-bond donors (Lipinski definition) is 1. The molecule has 3 nitrogen and oxygen atoms in total. The maximum Gasteiger partial charge on any atom is 0.463 e. The second-order valence-corrected chi connectivity index (χ2v) is 2.47. The lowest BCUT2D eigenvalue weighted by atomic mass is 10.3. The standard InChI is InChI=1S/C7H5F5N2O/c1-4(2-13)3-14-5(15)6(8,9)7(10,11)12/h1,3H2,(H,14,15). The van der Waals surface area contributed by atoms with E-state index < -0.39 is 24.6 Å². The van der Waals surface area contributed by atoms with E-state index in [0.717, 1.165) is 0 Å². The lowest BCUT2D eigenvalue weighted by Gasteiger charge is -2.18. The molecule has 0 rings (SSSR count). The SMILES string of the molecule is C=C(C#N)CNC(=O)C(F)(F)C(F)(F)F. The number of carbonyl (C=O) groups is 1. The average molecular weight is 228 g/mol. The Kier molecular flexibility index (Phi) is 3.78. The van der Waals surface area contributed by atoms with Crippen molar-refractivity contribution in [2.45, 2.75) is 12.1 Å². The third-order valence-electron chi connectivity index (χ3n) is 1.26. The first-order valence-corrected chi connectivity index (χ1v) is 3.43. The predicted molar refractivity (Wildman–Crippen MR) is 38.8 cm³/mol. The minimum absolute atomic E-state index is 0.332. The van der Waals surface area contributed by atoms with Gasteiger partial charge in [0.05, 0.1) is 12.6 Å². The van der Waals surface area contributed by atoms with Crippen molar-refractivity contribution in [3.63, 3.8) is 0 Å². The highest BCUT2D eigenvalue weighted by Gasteiger charge is 2.63. The molecular formula is C7H5F5N2O. The molecule has 0 aliphatic rings. The van der Waals surface area contributed by atoms with E-state index in [1.807, 2.05) is 0 Å². The fourth-order valence-corrected chi connectivity index (χ4v) is 0.466. The van der Waals surface area contributed by atoms with Crippen molar-refractivity contribution in [1.29, 1.82) is 5.26 Å². The molecule has 1 N–H and O–H groups in total. The van der Waals surface area contributed by atoms with Crippen LogP contribution in [0.15, 0.2) is 12.2 Å². The van der Waals surface area contributed by atoms with Crippen molar-refractivity contribution in [3.05, 3.63) is 12.2 Å². The van der Waals surface area contributed by atoms with Gasteiger partial charge in [0.15, 0.2) is 0 Å². The zero-order chi connectivity index (χ0) is 12.3. The van der Waals surface area contributed by atoms with E-state index in [9.17, 15) is 26.7 Å². The zero-order valence-electron chi connectivity index (χ0n) is 7.16. The first-order chi connectivity index (χ1) is 6.63. The van der Waals surface area contributed by atoms with E-state index >= 15 is 0 Å². The van der Waals surface area contributed by atoms with E-state index in [2.05, 4.69) is 6.58 Å². The van der Waals surface area contributed by atoms with Crippen molar-refractivity contribution in [1.82, 2.24) is 5.32 Å². The number of halogens is 5. The molecule has 0 aliphatic heterocycles. The van der Waals surface area contributed by atoms with Crippen molar-refractivity contribution < 1.29 is 26.7 Å². The Morgan fingerprint density at radius 2 is 1.80 bits per heavy atom. The zero-order valence-corrected chi connectivity index (χ0v) is 7.16. The van der Waals surface area contributed by atoms with E-state index in [0.29, 0.717) is 0 Å². The van der Waals surface area contributed by atoms with Crippen LogP contribution in [-0.4, -0.2) is 24.6 Å². The molecule has 0 aliphatic carbocycles. The minimum Gasteiger partial charge on any atom is -0.346 e. The van der Waals surface area contributed by atoms with Gasteiger partial charge in [-0.25, -0.2) is 0 Å². The molecule has 0 spiro atoms. The maximum atomic E-state index is 12.2. The van der Waals surface area contributed by atoms with Gasteiger partial charge >= 0.3 is 18.0 Å². The predicted octanol–water partition coefficient (Wildman–Crippen LogP) is 1.38. The number of hydrogen-bond acceptors (Lipinski definition) is 2. The van der Waals surface area contributed by atoms with Crippen LogP contribution >= 0.6 is 0 Å². The summed E-state index contributed by atoms with van der Waals surface area (Å²) >= 11 is 0. The molecule has 8 heteroatoms. The summed E-state index contributed by atoms with van der Waals surface area (Å²) in [5.74, 6) is -7.98. The summed E-state index contributed by atoms with van der Waals surface area (Å²) in [6, 6.07) is 1.38. The first kappa shape index (κ1) is 13.4.